The average Bonchev–Trinajstić information content (AvgIpc) is 2.93. The average molecular weight is 531 g/mol. The summed E-state index contributed by atoms with van der Waals surface area (Å²) in [7, 11) is 0. The lowest BCUT2D eigenvalue weighted by molar-refractivity contribution is -0.150. The van der Waals surface area contributed by atoms with Crippen molar-refractivity contribution in [3.8, 4) is 0 Å². The first-order chi connectivity index (χ1) is 18.5. The monoisotopic (exact) mass is 530 g/mol. The van der Waals surface area contributed by atoms with Crippen molar-refractivity contribution in [2.75, 3.05) is 0 Å². The molecule has 1 fully saturated rings. The van der Waals surface area contributed by atoms with Gasteiger partial charge in [-0.2, -0.15) is 0 Å². The van der Waals surface area contributed by atoms with E-state index in [1.165, 1.54) is 24.3 Å². The van der Waals surface area contributed by atoms with E-state index in [-0.39, 0.29) is 17.8 Å². The topological polar surface area (TPSA) is 92.7 Å². The van der Waals surface area contributed by atoms with Crippen molar-refractivity contribution in [2.24, 2.45) is 10.9 Å². The maximum Gasteiger partial charge on any atom is 0.310 e. The number of rotatable bonds is 8. The van der Waals surface area contributed by atoms with E-state index in [0.29, 0.717) is 10.9 Å². The largest absolute Gasteiger partial charge is 0.451 e. The predicted molar refractivity (Wildman–Crippen MR) is 155 cm³/mol. The fourth-order valence-electron chi connectivity index (χ4n) is 4.38. The minimum Gasteiger partial charge on any atom is -0.451 e. The summed E-state index contributed by atoms with van der Waals surface area (Å²) in [6.45, 7) is 3.68. The van der Waals surface area contributed by atoms with Crippen molar-refractivity contribution in [1.29, 1.82) is 0 Å². The Labute approximate surface area is 228 Å². The third-order valence-electron chi connectivity index (χ3n) is 6.26. The number of nitrogens with zero attached hydrogens (tertiary/aromatic N) is 2. The van der Waals surface area contributed by atoms with Crippen molar-refractivity contribution < 1.29 is 14.3 Å². The molecule has 38 heavy (non-hydrogen) atoms. The molecule has 8 heteroatoms. The number of thioether (sulfide) groups is 1. The third kappa shape index (κ3) is 8.18. The summed E-state index contributed by atoms with van der Waals surface area (Å²) in [6.07, 6.45) is 9.65. The number of hydrogen-bond donors (Lipinski definition) is 2. The fraction of sp³-hybridized carbons (Fsp3) is 0.333. The number of amides is 1. The molecular weight excluding hydrogens is 496 g/mol. The Morgan fingerprint density at radius 2 is 1.76 bits per heavy atom. The zero-order valence-corrected chi connectivity index (χ0v) is 22.6. The number of para-hydroxylation sites is 1. The van der Waals surface area contributed by atoms with Gasteiger partial charge < -0.3 is 15.4 Å². The number of carbonyl (C=O) groups is 2. The summed E-state index contributed by atoms with van der Waals surface area (Å²) < 4.78 is 5.78. The lowest BCUT2D eigenvalue weighted by atomic mass is 9.89. The normalized spacial score (nSPS) is 16.2. The Bertz CT molecular complexity index is 1280. The van der Waals surface area contributed by atoms with Gasteiger partial charge in [0, 0.05) is 17.7 Å². The van der Waals surface area contributed by atoms with Gasteiger partial charge in [0.1, 0.15) is 0 Å². The Hall–Kier alpha value is -3.65. The van der Waals surface area contributed by atoms with Crippen LogP contribution in [0.15, 0.2) is 77.9 Å². The Morgan fingerprint density at radius 3 is 2.55 bits per heavy atom. The molecule has 0 bridgehead atoms. The van der Waals surface area contributed by atoms with Crippen molar-refractivity contribution in [3.05, 3.63) is 78.5 Å². The second kappa shape index (κ2) is 13.8. The number of carbonyl (C=O) groups excluding carboxylic acids is 2. The molecule has 1 heterocycles. The number of ether oxygens (including phenoxy) is 1. The summed E-state index contributed by atoms with van der Waals surface area (Å²) in [5.41, 5.74) is 1.94. The molecule has 0 spiro atoms. The zero-order chi connectivity index (χ0) is 26.7. The van der Waals surface area contributed by atoms with Gasteiger partial charge in [0.05, 0.1) is 23.3 Å². The standard InChI is InChI=1S/C30H34N4O3S/c1-21(32-27(35)19-18-23-11-5-3-6-12-23)33-30(34-26-17-9-15-24-16-10-20-31-28(24)26)38-22(2)37-29(36)25-13-7-4-8-14-25/h3,5-6,9-12,15-22,25H,4,7-8,13-14H2,1-2H3,(H,32,35)(H,33,34)/b19-18+. The van der Waals surface area contributed by atoms with Crippen molar-refractivity contribution in [1.82, 2.24) is 15.6 Å². The van der Waals surface area contributed by atoms with Gasteiger partial charge in [0.2, 0.25) is 5.91 Å². The highest BCUT2D eigenvalue weighted by molar-refractivity contribution is 8.14. The molecule has 4 rings (SSSR count). The Morgan fingerprint density at radius 1 is 1.00 bits per heavy atom. The minimum atomic E-state index is -0.459. The number of hydrogen-bond acceptors (Lipinski definition) is 6. The molecule has 0 radical (unpaired) electrons. The van der Waals surface area contributed by atoms with E-state index in [4.69, 9.17) is 9.73 Å². The molecule has 0 saturated heterocycles. The molecule has 2 atom stereocenters. The smallest absolute Gasteiger partial charge is 0.310 e. The second-order valence-corrected chi connectivity index (χ2v) is 10.6. The van der Waals surface area contributed by atoms with Crippen LogP contribution in [-0.4, -0.2) is 33.6 Å². The van der Waals surface area contributed by atoms with E-state index in [2.05, 4.69) is 15.6 Å². The molecule has 3 aromatic rings. The number of aliphatic imine (C=N–C) groups is 1. The van der Waals surface area contributed by atoms with E-state index in [1.54, 1.807) is 12.3 Å². The number of nitrogens with one attached hydrogen (secondary N) is 2. The number of pyridine rings is 1. The molecule has 198 valence electrons. The zero-order valence-electron chi connectivity index (χ0n) is 21.8. The molecule has 1 aromatic heterocycles. The van der Waals surface area contributed by atoms with Crippen LogP contribution in [0.5, 0.6) is 0 Å². The molecule has 1 amide bonds. The molecule has 1 saturated carbocycles. The van der Waals surface area contributed by atoms with Crippen molar-refractivity contribution in [2.45, 2.75) is 57.6 Å². The van der Waals surface area contributed by atoms with Crippen LogP contribution in [0.2, 0.25) is 0 Å². The summed E-state index contributed by atoms with van der Waals surface area (Å²) >= 11 is 1.30. The molecule has 0 aliphatic heterocycles. The minimum absolute atomic E-state index is 0.0305. The van der Waals surface area contributed by atoms with Crippen LogP contribution in [0.1, 0.15) is 51.5 Å². The molecule has 2 aromatic carbocycles. The Balaban J connectivity index is 1.47. The fourth-order valence-corrected chi connectivity index (χ4v) is 5.23. The van der Waals surface area contributed by atoms with E-state index in [0.717, 1.165) is 42.1 Å². The number of amidine groups is 1. The van der Waals surface area contributed by atoms with Crippen LogP contribution in [0.4, 0.5) is 5.69 Å². The number of esters is 1. The van der Waals surface area contributed by atoms with Gasteiger partial charge in [0.15, 0.2) is 10.6 Å². The van der Waals surface area contributed by atoms with Gasteiger partial charge in [-0.3, -0.25) is 14.6 Å². The summed E-state index contributed by atoms with van der Waals surface area (Å²) in [5, 5.41) is 7.68. The van der Waals surface area contributed by atoms with Crippen LogP contribution in [-0.2, 0) is 14.3 Å². The van der Waals surface area contributed by atoms with Crippen LogP contribution in [0, 0.1) is 5.92 Å². The molecule has 2 unspecified atom stereocenters. The highest BCUT2D eigenvalue weighted by Gasteiger charge is 2.25. The van der Waals surface area contributed by atoms with Gasteiger partial charge in [-0.25, -0.2) is 4.99 Å². The summed E-state index contributed by atoms with van der Waals surface area (Å²) in [5.74, 6) is -0.415. The Kier molecular flexibility index (Phi) is 9.92. The third-order valence-corrected chi connectivity index (χ3v) is 7.12. The first-order valence-corrected chi connectivity index (χ1v) is 14.0. The van der Waals surface area contributed by atoms with Gasteiger partial charge in [-0.15, -0.1) is 0 Å². The van der Waals surface area contributed by atoms with Gasteiger partial charge in [-0.1, -0.05) is 67.8 Å². The van der Waals surface area contributed by atoms with Crippen LogP contribution in [0.25, 0.3) is 17.0 Å². The van der Waals surface area contributed by atoms with Crippen LogP contribution in [0.3, 0.4) is 0 Å². The predicted octanol–water partition coefficient (Wildman–Crippen LogP) is 6.19. The lowest BCUT2D eigenvalue weighted by Crippen LogP contribution is -2.45. The number of benzene rings is 2. The lowest BCUT2D eigenvalue weighted by Gasteiger charge is -2.23. The van der Waals surface area contributed by atoms with Crippen molar-refractivity contribution in [3.63, 3.8) is 0 Å². The van der Waals surface area contributed by atoms with Crippen LogP contribution < -0.4 is 10.6 Å². The molecule has 1 aliphatic rings. The summed E-state index contributed by atoms with van der Waals surface area (Å²) in [4.78, 5) is 34.6. The molecule has 2 N–H and O–H groups in total. The quantitative estimate of drug-likeness (QED) is 0.119. The van der Waals surface area contributed by atoms with Gasteiger partial charge in [-0.05, 0) is 62.2 Å². The summed E-state index contributed by atoms with van der Waals surface area (Å²) in [6, 6.07) is 19.3. The maximum atomic E-state index is 12.7. The van der Waals surface area contributed by atoms with E-state index in [9.17, 15) is 9.59 Å². The first-order valence-electron chi connectivity index (χ1n) is 13.1. The highest BCUT2D eigenvalue weighted by atomic mass is 32.2. The second-order valence-electron chi connectivity index (χ2n) is 9.35. The van der Waals surface area contributed by atoms with E-state index in [1.807, 2.05) is 74.5 Å². The van der Waals surface area contributed by atoms with Gasteiger partial charge in [0.25, 0.3) is 0 Å². The highest BCUT2D eigenvalue weighted by Crippen LogP contribution is 2.28. The van der Waals surface area contributed by atoms with E-state index >= 15 is 0 Å². The number of aromatic nitrogens is 1. The van der Waals surface area contributed by atoms with Crippen molar-refractivity contribution >= 4 is 51.5 Å². The maximum absolute atomic E-state index is 12.7. The number of fused-ring (bicyclic) bond motifs is 1. The first kappa shape index (κ1) is 27.4. The van der Waals surface area contributed by atoms with E-state index < -0.39 is 11.6 Å². The van der Waals surface area contributed by atoms with Gasteiger partial charge >= 0.3 is 5.97 Å². The molecule has 7 nitrogen and oxygen atoms in total. The molecular formula is C30H34N4O3S. The van der Waals surface area contributed by atoms with Crippen LogP contribution >= 0.6 is 11.8 Å². The SMILES string of the molecule is CC(NC(=O)/C=C/c1ccccc1)N/C(=N\c1cccc2cccnc12)SC(C)OC(=O)C1CCCCC1. The molecule has 1 aliphatic carbocycles.